The van der Waals surface area contributed by atoms with Crippen molar-refractivity contribution in [1.82, 2.24) is 0 Å². The quantitative estimate of drug-likeness (QED) is 0.107. The lowest BCUT2D eigenvalue weighted by atomic mass is 9.77. The lowest BCUT2D eigenvalue weighted by Gasteiger charge is -2.28. The second-order valence-electron chi connectivity index (χ2n) is 13.2. The molecule has 3 aromatic carbocycles. The molecule has 3 aromatic rings. The molecular weight excluding hydrogens is 599 g/mol. The number of carbonyl (C=O) groups excluding carboxylic acids is 2. The minimum absolute atomic E-state index is 0.0452. The third-order valence-electron chi connectivity index (χ3n) is 8.43. The Morgan fingerprint density at radius 3 is 1.96 bits per heavy atom. The minimum Gasteiger partial charge on any atom is -0.489 e. The van der Waals surface area contributed by atoms with E-state index >= 15 is 4.39 Å². The number of halogens is 1. The second-order valence-corrected chi connectivity index (χ2v) is 13.2. The van der Waals surface area contributed by atoms with E-state index in [0.29, 0.717) is 28.6 Å². The largest absolute Gasteiger partial charge is 0.489 e. The maximum atomic E-state index is 15.4. The molecule has 1 saturated carbocycles. The average molecular weight is 647 g/mol. The zero-order valence-electron chi connectivity index (χ0n) is 28.0. The predicted octanol–water partition coefficient (Wildman–Crippen LogP) is 8.28. The maximum Gasteiger partial charge on any atom is 0.333 e. The van der Waals surface area contributed by atoms with Crippen molar-refractivity contribution in [3.8, 4) is 33.8 Å². The van der Waals surface area contributed by atoms with Crippen LogP contribution in [0.3, 0.4) is 0 Å². The highest BCUT2D eigenvalue weighted by atomic mass is 19.1. The molecule has 252 valence electrons. The first kappa shape index (κ1) is 35.7. The van der Waals surface area contributed by atoms with E-state index < -0.39 is 11.4 Å². The topological polar surface area (TPSA) is 91.3 Å². The summed E-state index contributed by atoms with van der Waals surface area (Å²) in [5.41, 5.74) is 3.61. The molecule has 0 atom stereocenters. The van der Waals surface area contributed by atoms with Crippen LogP contribution >= 0.6 is 0 Å². The van der Waals surface area contributed by atoms with Gasteiger partial charge >= 0.3 is 11.9 Å². The van der Waals surface area contributed by atoms with Crippen molar-refractivity contribution >= 4 is 11.9 Å². The molecule has 4 rings (SSSR count). The Balaban J connectivity index is 1.51. The Labute approximate surface area is 277 Å². The van der Waals surface area contributed by atoms with Gasteiger partial charge in [0, 0.05) is 12.2 Å². The number of hydrogen-bond acceptors (Lipinski definition) is 7. The molecule has 1 fully saturated rings. The number of rotatable bonds is 14. The van der Waals surface area contributed by atoms with Crippen LogP contribution in [0.15, 0.2) is 72.8 Å². The van der Waals surface area contributed by atoms with Crippen molar-refractivity contribution in [3.05, 3.63) is 84.2 Å². The molecule has 0 aromatic heterocycles. The highest BCUT2D eigenvalue weighted by Gasteiger charge is 2.25. The van der Waals surface area contributed by atoms with Crippen LogP contribution < -0.4 is 9.47 Å². The average Bonchev–Trinajstić information content (AvgIpc) is 3.05. The predicted molar refractivity (Wildman–Crippen MR) is 181 cm³/mol. The van der Waals surface area contributed by atoms with Gasteiger partial charge in [0.15, 0.2) is 0 Å². The van der Waals surface area contributed by atoms with E-state index in [4.69, 9.17) is 18.9 Å². The van der Waals surface area contributed by atoms with E-state index in [1.54, 1.807) is 39.8 Å². The molecule has 0 aliphatic heterocycles. The summed E-state index contributed by atoms with van der Waals surface area (Å²) < 4.78 is 38.0. The van der Waals surface area contributed by atoms with Crippen LogP contribution in [0.2, 0.25) is 0 Å². The Bertz CT molecular complexity index is 1520. The Morgan fingerprint density at radius 1 is 0.830 bits per heavy atom. The molecule has 0 radical (unpaired) electrons. The Hall–Kier alpha value is -4.17. The standard InChI is InChI=1S/C39H47FO7/c1-26(2)37(42)46-23-21-44-34-7-6-8-35(45-22-24-47-38(43)39(3,4)5)36(34)30-15-13-28(14-16-30)31-17-18-32(33(40)25-31)29-11-9-27(10-12-29)19-20-41/h6-8,13-18,25,27,29,41H,1,9-12,19-24H2,2-5H3. The second kappa shape index (κ2) is 16.6. The summed E-state index contributed by atoms with van der Waals surface area (Å²) >= 11 is 0. The summed E-state index contributed by atoms with van der Waals surface area (Å²) in [4.78, 5) is 24.0. The van der Waals surface area contributed by atoms with Crippen LogP contribution in [-0.2, 0) is 19.1 Å². The van der Waals surface area contributed by atoms with Crippen LogP contribution in [0.1, 0.15) is 71.3 Å². The molecule has 1 aliphatic carbocycles. The van der Waals surface area contributed by atoms with Gasteiger partial charge in [-0.3, -0.25) is 4.79 Å². The van der Waals surface area contributed by atoms with Crippen molar-refractivity contribution in [1.29, 1.82) is 0 Å². The van der Waals surface area contributed by atoms with Gasteiger partial charge in [0.25, 0.3) is 0 Å². The number of aliphatic hydroxyl groups excluding tert-OH is 1. The van der Waals surface area contributed by atoms with Crippen molar-refractivity contribution < 1.29 is 38.0 Å². The van der Waals surface area contributed by atoms with Gasteiger partial charge in [-0.05, 0) is 112 Å². The van der Waals surface area contributed by atoms with E-state index in [1.165, 1.54) is 0 Å². The highest BCUT2D eigenvalue weighted by Crippen LogP contribution is 2.41. The molecule has 1 aliphatic rings. The van der Waals surface area contributed by atoms with Gasteiger partial charge < -0.3 is 24.1 Å². The summed E-state index contributed by atoms with van der Waals surface area (Å²) in [6.07, 6.45) is 4.75. The first-order chi connectivity index (χ1) is 22.5. The first-order valence-electron chi connectivity index (χ1n) is 16.4. The number of aliphatic hydroxyl groups is 1. The zero-order chi connectivity index (χ0) is 34.0. The van der Waals surface area contributed by atoms with Gasteiger partial charge in [0.05, 0.1) is 11.0 Å². The number of carbonyl (C=O) groups is 2. The third-order valence-corrected chi connectivity index (χ3v) is 8.43. The number of ether oxygens (including phenoxy) is 4. The molecule has 0 saturated heterocycles. The number of hydrogen-bond donors (Lipinski definition) is 1. The molecule has 7 nitrogen and oxygen atoms in total. The molecule has 1 N–H and O–H groups in total. The molecule has 0 spiro atoms. The number of esters is 2. The summed E-state index contributed by atoms with van der Waals surface area (Å²) in [6.45, 7) is 11.2. The highest BCUT2D eigenvalue weighted by molar-refractivity contribution is 5.87. The SMILES string of the molecule is C=C(C)C(=O)OCCOc1cccc(OCCOC(=O)C(C)(C)C)c1-c1ccc(-c2ccc(C3CCC(CCO)CC3)c(F)c2)cc1. The minimum atomic E-state index is -0.613. The van der Waals surface area contributed by atoms with Crippen LogP contribution in [0.4, 0.5) is 4.39 Å². The van der Waals surface area contributed by atoms with Crippen LogP contribution in [0, 0.1) is 17.2 Å². The van der Waals surface area contributed by atoms with Gasteiger partial charge in [0.1, 0.15) is 43.7 Å². The summed E-state index contributed by atoms with van der Waals surface area (Å²) in [5, 5.41) is 9.25. The van der Waals surface area contributed by atoms with Crippen molar-refractivity contribution in [2.45, 2.75) is 65.7 Å². The van der Waals surface area contributed by atoms with Crippen LogP contribution in [-0.4, -0.2) is 50.1 Å². The third kappa shape index (κ3) is 9.91. The number of benzene rings is 3. The molecule has 47 heavy (non-hydrogen) atoms. The normalized spacial score (nSPS) is 16.3. The Morgan fingerprint density at radius 2 is 1.40 bits per heavy atom. The smallest absolute Gasteiger partial charge is 0.333 e. The fraction of sp³-hybridized carbons (Fsp3) is 0.436. The molecule has 0 unspecified atom stereocenters. The van der Waals surface area contributed by atoms with E-state index in [0.717, 1.165) is 54.4 Å². The van der Waals surface area contributed by atoms with E-state index in [-0.39, 0.29) is 50.7 Å². The monoisotopic (exact) mass is 646 g/mol. The van der Waals surface area contributed by atoms with Crippen molar-refractivity contribution in [2.75, 3.05) is 33.0 Å². The van der Waals surface area contributed by atoms with E-state index in [9.17, 15) is 14.7 Å². The van der Waals surface area contributed by atoms with Gasteiger partial charge in [-0.2, -0.15) is 0 Å². The fourth-order valence-corrected chi connectivity index (χ4v) is 5.76. The molecule has 0 amide bonds. The summed E-state index contributed by atoms with van der Waals surface area (Å²) in [7, 11) is 0. The van der Waals surface area contributed by atoms with Crippen molar-refractivity contribution in [2.24, 2.45) is 11.3 Å². The summed E-state index contributed by atoms with van der Waals surface area (Å²) in [5.74, 6) is 0.809. The van der Waals surface area contributed by atoms with Crippen LogP contribution in [0.5, 0.6) is 11.5 Å². The van der Waals surface area contributed by atoms with Gasteiger partial charge in [-0.15, -0.1) is 0 Å². The summed E-state index contributed by atoms with van der Waals surface area (Å²) in [6, 6.07) is 18.7. The molecule has 0 bridgehead atoms. The molecular formula is C39H47FO7. The Kier molecular flexibility index (Phi) is 12.6. The zero-order valence-corrected chi connectivity index (χ0v) is 28.0. The van der Waals surface area contributed by atoms with Crippen LogP contribution in [0.25, 0.3) is 22.3 Å². The molecule has 8 heteroatoms. The lowest BCUT2D eigenvalue weighted by molar-refractivity contribution is -0.153. The van der Waals surface area contributed by atoms with E-state index in [1.807, 2.05) is 48.5 Å². The molecule has 0 heterocycles. The van der Waals surface area contributed by atoms with Gasteiger partial charge in [-0.25, -0.2) is 9.18 Å². The fourth-order valence-electron chi connectivity index (χ4n) is 5.76. The van der Waals surface area contributed by atoms with E-state index in [2.05, 4.69) is 6.58 Å². The maximum absolute atomic E-state index is 15.4. The lowest BCUT2D eigenvalue weighted by Crippen LogP contribution is -2.24. The van der Waals surface area contributed by atoms with Gasteiger partial charge in [0.2, 0.25) is 0 Å². The van der Waals surface area contributed by atoms with Crippen molar-refractivity contribution in [3.63, 3.8) is 0 Å². The van der Waals surface area contributed by atoms with Gasteiger partial charge in [-0.1, -0.05) is 49.0 Å². The first-order valence-corrected chi connectivity index (χ1v) is 16.4.